The molecule has 10 heteroatoms. The Hall–Kier alpha value is -4.00. The highest BCUT2D eigenvalue weighted by molar-refractivity contribution is 7.49. The minimum atomic E-state index is -4.19. The maximum atomic E-state index is 14.2. The Morgan fingerprint density at radius 2 is 0.562 bits per heavy atom. The molecular weight excluding hydrogens is 646 g/mol. The molecule has 0 radical (unpaired) electrons. The number of phosphoric acid groups is 2. The van der Waals surface area contributed by atoms with Crippen molar-refractivity contribution in [3.63, 3.8) is 0 Å². The molecule has 0 aliphatic heterocycles. The molecule has 0 fully saturated rings. The summed E-state index contributed by atoms with van der Waals surface area (Å²) in [5, 5.41) is 0. The Labute approximate surface area is 282 Å². The minimum Gasteiger partial charge on any atom is -0.404 e. The second-order valence-electron chi connectivity index (χ2n) is 11.2. The maximum absolute atomic E-state index is 14.2. The van der Waals surface area contributed by atoms with Gasteiger partial charge < -0.3 is 9.05 Å². The summed E-state index contributed by atoms with van der Waals surface area (Å²) in [4.78, 5) is 0. The van der Waals surface area contributed by atoms with Gasteiger partial charge in [0.2, 0.25) is 0 Å². The lowest BCUT2D eigenvalue weighted by Crippen LogP contribution is -2.09. The van der Waals surface area contributed by atoms with Crippen LogP contribution in [0, 0.1) is 0 Å². The Morgan fingerprint density at radius 3 is 0.771 bits per heavy atom. The van der Waals surface area contributed by atoms with Crippen LogP contribution in [0.25, 0.3) is 0 Å². The van der Waals surface area contributed by atoms with E-state index in [2.05, 4.69) is 0 Å². The fraction of sp³-hybridized carbons (Fsp3) is 0.211. The average Bonchev–Trinajstić information content (AvgIpc) is 3.10. The largest absolute Gasteiger partial charge is 0.531 e. The van der Waals surface area contributed by atoms with Gasteiger partial charge in [0.1, 0.15) is 11.5 Å². The van der Waals surface area contributed by atoms with Crippen LogP contribution in [-0.4, -0.2) is 0 Å². The van der Waals surface area contributed by atoms with Crippen LogP contribution in [0.1, 0.15) is 74.4 Å². The monoisotopic (exact) mass is 686 g/mol. The van der Waals surface area contributed by atoms with Crippen LogP contribution in [0.2, 0.25) is 0 Å². The van der Waals surface area contributed by atoms with E-state index in [1.54, 1.807) is 27.7 Å². The van der Waals surface area contributed by atoms with E-state index in [9.17, 15) is 9.13 Å². The summed E-state index contributed by atoms with van der Waals surface area (Å²) in [7, 11) is -8.38. The van der Waals surface area contributed by atoms with Crippen LogP contribution in [-0.2, 0) is 27.2 Å². The molecule has 0 spiro atoms. The van der Waals surface area contributed by atoms with E-state index in [1.165, 1.54) is 24.3 Å². The summed E-state index contributed by atoms with van der Waals surface area (Å²) in [6.07, 6.45) is -2.39. The SMILES string of the molecule is CC(OP(=O)(Oc1ccc(OP(=O)(OC(C)c2ccccc2)OC(C)c2ccccc2)cc1)OC(C)c1ccccc1)c1ccccc1. The highest BCUT2D eigenvalue weighted by Gasteiger charge is 2.36. The molecule has 48 heavy (non-hydrogen) atoms. The Balaban J connectivity index is 1.36. The van der Waals surface area contributed by atoms with Crippen molar-refractivity contribution in [1.29, 1.82) is 0 Å². The van der Waals surface area contributed by atoms with Crippen LogP contribution in [0.4, 0.5) is 0 Å². The lowest BCUT2D eigenvalue weighted by Gasteiger charge is -2.26. The van der Waals surface area contributed by atoms with Crippen LogP contribution in [0.5, 0.6) is 11.5 Å². The first kappa shape index (κ1) is 35.3. The topological polar surface area (TPSA) is 89.5 Å². The number of hydrogen-bond donors (Lipinski definition) is 0. The van der Waals surface area contributed by atoms with E-state index in [4.69, 9.17) is 27.1 Å². The molecule has 0 aliphatic carbocycles. The van der Waals surface area contributed by atoms with Crippen molar-refractivity contribution in [3.8, 4) is 11.5 Å². The van der Waals surface area contributed by atoms with Crippen molar-refractivity contribution in [3.05, 3.63) is 168 Å². The van der Waals surface area contributed by atoms with Gasteiger partial charge in [-0.05, 0) is 74.2 Å². The van der Waals surface area contributed by atoms with Crippen molar-refractivity contribution < 1.29 is 36.3 Å². The second kappa shape index (κ2) is 16.4. The zero-order valence-electron chi connectivity index (χ0n) is 27.3. The van der Waals surface area contributed by atoms with E-state index >= 15 is 0 Å². The molecule has 0 saturated heterocycles. The normalized spacial score (nSPS) is 16.4. The Kier molecular flexibility index (Phi) is 12.1. The van der Waals surface area contributed by atoms with Crippen LogP contribution in [0.3, 0.4) is 0 Å². The smallest absolute Gasteiger partial charge is 0.404 e. The van der Waals surface area contributed by atoms with Gasteiger partial charge in [-0.15, -0.1) is 0 Å². The van der Waals surface area contributed by atoms with E-state index < -0.39 is 40.1 Å². The van der Waals surface area contributed by atoms with Crippen LogP contribution in [0.15, 0.2) is 146 Å². The molecule has 5 rings (SSSR count). The minimum absolute atomic E-state index is 0.193. The first-order chi connectivity index (χ1) is 23.1. The molecule has 0 amide bonds. The van der Waals surface area contributed by atoms with Crippen molar-refractivity contribution in [2.75, 3.05) is 0 Å². The Morgan fingerprint density at radius 1 is 0.354 bits per heavy atom. The summed E-state index contributed by atoms with van der Waals surface area (Å²) in [5.74, 6) is 0.386. The molecule has 250 valence electrons. The fourth-order valence-corrected chi connectivity index (χ4v) is 7.94. The van der Waals surface area contributed by atoms with Gasteiger partial charge in [0.05, 0.1) is 24.4 Å². The third-order valence-corrected chi connectivity index (χ3v) is 10.6. The van der Waals surface area contributed by atoms with Gasteiger partial charge in [0.15, 0.2) is 0 Å². The number of phosphoric ester groups is 2. The lowest BCUT2D eigenvalue weighted by atomic mass is 10.1. The molecule has 0 bridgehead atoms. The van der Waals surface area contributed by atoms with Gasteiger partial charge >= 0.3 is 15.6 Å². The van der Waals surface area contributed by atoms with Crippen molar-refractivity contribution in [2.45, 2.75) is 52.1 Å². The predicted octanol–water partition coefficient (Wildman–Crippen LogP) is 11.8. The molecular formula is C38H40O8P2. The summed E-state index contributed by atoms with van der Waals surface area (Å²) >= 11 is 0. The van der Waals surface area contributed by atoms with Crippen molar-refractivity contribution >= 4 is 15.6 Å². The van der Waals surface area contributed by atoms with Gasteiger partial charge in [-0.3, -0.25) is 18.1 Å². The highest BCUT2D eigenvalue weighted by Crippen LogP contribution is 2.58. The molecule has 0 aliphatic rings. The predicted molar refractivity (Wildman–Crippen MR) is 187 cm³/mol. The second-order valence-corrected chi connectivity index (χ2v) is 14.2. The van der Waals surface area contributed by atoms with Gasteiger partial charge in [-0.1, -0.05) is 121 Å². The van der Waals surface area contributed by atoms with Crippen molar-refractivity contribution in [2.24, 2.45) is 0 Å². The zero-order valence-corrected chi connectivity index (χ0v) is 29.1. The molecule has 0 heterocycles. The van der Waals surface area contributed by atoms with E-state index in [0.717, 1.165) is 22.3 Å². The number of benzene rings is 5. The number of rotatable bonds is 16. The molecule has 0 saturated carbocycles. The average molecular weight is 687 g/mol. The van der Waals surface area contributed by atoms with E-state index in [1.807, 2.05) is 121 Å². The third-order valence-electron chi connectivity index (χ3n) is 7.48. The van der Waals surface area contributed by atoms with Gasteiger partial charge in [0.25, 0.3) is 0 Å². The zero-order chi connectivity index (χ0) is 34.0. The summed E-state index contributed by atoms with van der Waals surface area (Å²) < 4.78 is 64.3. The number of hydrogen-bond acceptors (Lipinski definition) is 8. The quantitative estimate of drug-likeness (QED) is 0.0948. The maximum Gasteiger partial charge on any atom is 0.531 e. The van der Waals surface area contributed by atoms with Gasteiger partial charge in [0, 0.05) is 0 Å². The fourth-order valence-electron chi connectivity index (χ4n) is 4.87. The van der Waals surface area contributed by atoms with Crippen molar-refractivity contribution in [1.82, 2.24) is 0 Å². The van der Waals surface area contributed by atoms with Gasteiger partial charge in [-0.2, -0.15) is 0 Å². The summed E-state index contributed by atoms with van der Waals surface area (Å²) in [6.45, 7) is 7.12. The lowest BCUT2D eigenvalue weighted by molar-refractivity contribution is 0.0887. The molecule has 0 N–H and O–H groups in total. The molecule has 8 nitrogen and oxygen atoms in total. The molecule has 5 aromatic rings. The van der Waals surface area contributed by atoms with Crippen LogP contribution < -0.4 is 9.05 Å². The summed E-state index contributed by atoms with van der Waals surface area (Å²) in [6, 6.07) is 43.7. The molecule has 4 unspecified atom stereocenters. The highest BCUT2D eigenvalue weighted by atomic mass is 31.2. The third kappa shape index (κ3) is 10.0. The Bertz CT molecular complexity index is 1550. The van der Waals surface area contributed by atoms with Gasteiger partial charge in [-0.25, -0.2) is 9.13 Å². The summed E-state index contributed by atoms with van der Waals surface area (Å²) in [5.41, 5.74) is 3.25. The molecule has 4 atom stereocenters. The standard InChI is InChI=1S/C38H40O8P2/c1-29(33-17-9-5-10-18-33)41-47(39,42-30(2)34-19-11-6-12-20-34)45-37-25-27-38(28-26-37)46-48(40,43-31(3)35-21-13-7-14-22-35)44-32(4)36-23-15-8-16-24-36/h5-32H,1-4H3. The van der Waals surface area contributed by atoms with Crippen LogP contribution >= 0.6 is 15.6 Å². The molecule has 5 aromatic carbocycles. The van der Waals surface area contributed by atoms with E-state index in [0.29, 0.717) is 0 Å². The first-order valence-corrected chi connectivity index (χ1v) is 18.7. The van der Waals surface area contributed by atoms with E-state index in [-0.39, 0.29) is 11.5 Å². The first-order valence-electron chi connectivity index (χ1n) is 15.7. The molecule has 0 aromatic heterocycles.